The first-order chi connectivity index (χ1) is 6.84. The summed E-state index contributed by atoms with van der Waals surface area (Å²) < 4.78 is 4.81. The Morgan fingerprint density at radius 1 is 1.29 bits per heavy atom. The van der Waals surface area contributed by atoms with E-state index in [2.05, 4.69) is 10.1 Å². The van der Waals surface area contributed by atoms with Crippen molar-refractivity contribution in [2.24, 2.45) is 0 Å². The Bertz CT molecular complexity index is 434. The highest BCUT2D eigenvalue weighted by molar-refractivity contribution is 5.67. The van der Waals surface area contributed by atoms with Crippen LogP contribution in [0.2, 0.25) is 0 Å². The quantitative estimate of drug-likeness (QED) is 0.728. The fourth-order valence-electron chi connectivity index (χ4n) is 1.09. The summed E-state index contributed by atoms with van der Waals surface area (Å²) in [5.74, 6) is 0.479. The molecule has 0 saturated carbocycles. The van der Waals surface area contributed by atoms with Crippen molar-refractivity contribution in [3.8, 4) is 0 Å². The van der Waals surface area contributed by atoms with Crippen LogP contribution in [-0.2, 0) is 0 Å². The third-order valence-electron chi connectivity index (χ3n) is 1.71. The lowest BCUT2D eigenvalue weighted by Gasteiger charge is -1.93. The first-order valence-electron chi connectivity index (χ1n) is 4.15. The van der Waals surface area contributed by atoms with E-state index in [1.54, 1.807) is 6.08 Å². The number of nitrogen functional groups attached to an aromatic ring is 1. The molecule has 0 amide bonds. The van der Waals surface area contributed by atoms with Crippen LogP contribution in [0.4, 0.5) is 5.69 Å². The van der Waals surface area contributed by atoms with Gasteiger partial charge in [-0.1, -0.05) is 17.3 Å². The van der Waals surface area contributed by atoms with E-state index >= 15 is 0 Å². The molecule has 0 radical (unpaired) electrons. The number of hydrogen-bond acceptors (Lipinski definition) is 4. The van der Waals surface area contributed by atoms with E-state index in [0.717, 1.165) is 11.3 Å². The minimum Gasteiger partial charge on any atom is -0.399 e. The van der Waals surface area contributed by atoms with Crippen LogP contribution in [0.1, 0.15) is 11.5 Å². The van der Waals surface area contributed by atoms with Gasteiger partial charge in [-0.2, -0.15) is 4.98 Å². The fraction of sp³-hybridized carbons (Fsp3) is 0. The lowest BCUT2D eigenvalue weighted by molar-refractivity contribution is 0.409. The van der Waals surface area contributed by atoms with Crippen LogP contribution < -0.4 is 5.73 Å². The van der Waals surface area contributed by atoms with Gasteiger partial charge in [0.2, 0.25) is 5.89 Å². The van der Waals surface area contributed by atoms with Crippen molar-refractivity contribution in [3.63, 3.8) is 0 Å². The fourth-order valence-corrected chi connectivity index (χ4v) is 1.09. The predicted octanol–water partition coefficient (Wildman–Crippen LogP) is 1.82. The number of benzene rings is 1. The minimum atomic E-state index is 0.479. The zero-order valence-electron chi connectivity index (χ0n) is 7.42. The highest BCUT2D eigenvalue weighted by atomic mass is 16.5. The van der Waals surface area contributed by atoms with Gasteiger partial charge in [0.25, 0.3) is 0 Å². The number of anilines is 1. The molecule has 2 N–H and O–H groups in total. The van der Waals surface area contributed by atoms with Gasteiger partial charge in [-0.3, -0.25) is 0 Å². The van der Waals surface area contributed by atoms with Crippen LogP contribution in [0.15, 0.2) is 35.1 Å². The SMILES string of the molecule is Nc1cccc(/C=C/c2ncno2)c1. The van der Waals surface area contributed by atoms with E-state index < -0.39 is 0 Å². The molecule has 2 rings (SSSR count). The highest BCUT2D eigenvalue weighted by Gasteiger charge is 1.91. The maximum atomic E-state index is 5.62. The molecule has 0 spiro atoms. The maximum Gasteiger partial charge on any atom is 0.250 e. The van der Waals surface area contributed by atoms with Crippen LogP contribution in [0.3, 0.4) is 0 Å². The summed E-state index contributed by atoms with van der Waals surface area (Å²) >= 11 is 0. The van der Waals surface area contributed by atoms with Crippen LogP contribution in [0.5, 0.6) is 0 Å². The molecule has 4 heteroatoms. The summed E-state index contributed by atoms with van der Waals surface area (Å²) in [6.07, 6.45) is 4.96. The van der Waals surface area contributed by atoms with Gasteiger partial charge in [0, 0.05) is 11.8 Å². The third-order valence-corrected chi connectivity index (χ3v) is 1.71. The molecular weight excluding hydrogens is 178 g/mol. The molecule has 1 heterocycles. The summed E-state index contributed by atoms with van der Waals surface area (Å²) in [5.41, 5.74) is 7.36. The first kappa shape index (κ1) is 8.50. The molecule has 1 aromatic heterocycles. The van der Waals surface area contributed by atoms with Crippen molar-refractivity contribution < 1.29 is 4.52 Å². The standard InChI is InChI=1S/C10H9N3O/c11-9-3-1-2-8(6-9)4-5-10-12-7-13-14-10/h1-7H,11H2/b5-4+. The van der Waals surface area contributed by atoms with Gasteiger partial charge in [-0.05, 0) is 23.8 Å². The Morgan fingerprint density at radius 2 is 2.21 bits per heavy atom. The van der Waals surface area contributed by atoms with E-state index in [0.29, 0.717) is 5.89 Å². The van der Waals surface area contributed by atoms with Crippen molar-refractivity contribution in [1.82, 2.24) is 10.1 Å². The van der Waals surface area contributed by atoms with Crippen molar-refractivity contribution in [2.75, 3.05) is 5.73 Å². The van der Waals surface area contributed by atoms with E-state index in [1.807, 2.05) is 30.3 Å². The molecule has 0 saturated heterocycles. The molecule has 0 aliphatic rings. The summed E-state index contributed by atoms with van der Waals surface area (Å²) in [5, 5.41) is 3.49. The first-order valence-corrected chi connectivity index (χ1v) is 4.15. The monoisotopic (exact) mass is 187 g/mol. The number of aromatic nitrogens is 2. The number of nitrogens with zero attached hydrogens (tertiary/aromatic N) is 2. The van der Waals surface area contributed by atoms with Gasteiger partial charge in [0.1, 0.15) is 0 Å². The van der Waals surface area contributed by atoms with Gasteiger partial charge in [0.15, 0.2) is 6.33 Å². The molecule has 0 bridgehead atoms. The molecule has 0 atom stereocenters. The van der Waals surface area contributed by atoms with Gasteiger partial charge in [-0.25, -0.2) is 0 Å². The Labute approximate surface area is 81.1 Å². The second-order valence-corrected chi connectivity index (χ2v) is 2.78. The Morgan fingerprint density at radius 3 is 2.93 bits per heavy atom. The maximum absolute atomic E-state index is 5.62. The second-order valence-electron chi connectivity index (χ2n) is 2.78. The van der Waals surface area contributed by atoms with Gasteiger partial charge in [0.05, 0.1) is 0 Å². The summed E-state index contributed by atoms with van der Waals surface area (Å²) in [6, 6.07) is 7.54. The number of rotatable bonds is 2. The van der Waals surface area contributed by atoms with E-state index in [1.165, 1.54) is 6.33 Å². The van der Waals surface area contributed by atoms with Gasteiger partial charge < -0.3 is 10.3 Å². The van der Waals surface area contributed by atoms with Gasteiger partial charge in [-0.15, -0.1) is 0 Å². The molecule has 70 valence electrons. The second kappa shape index (κ2) is 3.74. The number of nitrogens with two attached hydrogens (primary N) is 1. The predicted molar refractivity (Wildman–Crippen MR) is 54.1 cm³/mol. The topological polar surface area (TPSA) is 64.9 Å². The largest absolute Gasteiger partial charge is 0.399 e. The molecule has 4 nitrogen and oxygen atoms in total. The third kappa shape index (κ3) is 1.98. The minimum absolute atomic E-state index is 0.479. The molecule has 0 unspecified atom stereocenters. The molecule has 0 fully saturated rings. The zero-order chi connectivity index (χ0) is 9.80. The van der Waals surface area contributed by atoms with E-state index in [9.17, 15) is 0 Å². The average molecular weight is 187 g/mol. The molecule has 14 heavy (non-hydrogen) atoms. The van der Waals surface area contributed by atoms with Crippen LogP contribution in [0, 0.1) is 0 Å². The Hall–Kier alpha value is -2.10. The Balaban J connectivity index is 2.18. The highest BCUT2D eigenvalue weighted by Crippen LogP contribution is 2.09. The van der Waals surface area contributed by atoms with Crippen molar-refractivity contribution >= 4 is 17.8 Å². The molecule has 2 aromatic rings. The van der Waals surface area contributed by atoms with E-state index in [4.69, 9.17) is 10.3 Å². The van der Waals surface area contributed by atoms with Crippen molar-refractivity contribution in [2.45, 2.75) is 0 Å². The molecule has 1 aromatic carbocycles. The summed E-state index contributed by atoms with van der Waals surface area (Å²) in [4.78, 5) is 3.86. The lowest BCUT2D eigenvalue weighted by atomic mass is 10.2. The summed E-state index contributed by atoms with van der Waals surface area (Å²) in [7, 11) is 0. The van der Waals surface area contributed by atoms with E-state index in [-0.39, 0.29) is 0 Å². The molecule has 0 aliphatic carbocycles. The van der Waals surface area contributed by atoms with Crippen LogP contribution in [0.25, 0.3) is 12.2 Å². The van der Waals surface area contributed by atoms with Crippen molar-refractivity contribution in [1.29, 1.82) is 0 Å². The van der Waals surface area contributed by atoms with Gasteiger partial charge >= 0.3 is 0 Å². The molecule has 0 aliphatic heterocycles. The molecular formula is C10H9N3O. The lowest BCUT2D eigenvalue weighted by Crippen LogP contribution is -1.83. The average Bonchev–Trinajstić information content (AvgIpc) is 2.67. The van der Waals surface area contributed by atoms with Crippen LogP contribution in [-0.4, -0.2) is 10.1 Å². The van der Waals surface area contributed by atoms with Crippen LogP contribution >= 0.6 is 0 Å². The summed E-state index contributed by atoms with van der Waals surface area (Å²) in [6.45, 7) is 0. The van der Waals surface area contributed by atoms with Crippen molar-refractivity contribution in [3.05, 3.63) is 42.0 Å². The smallest absolute Gasteiger partial charge is 0.250 e. The zero-order valence-corrected chi connectivity index (χ0v) is 7.42. The Kier molecular flexibility index (Phi) is 2.27. The number of hydrogen-bond donors (Lipinski definition) is 1. The normalized spacial score (nSPS) is 10.9.